The van der Waals surface area contributed by atoms with Gasteiger partial charge in [-0.1, -0.05) is 55.5 Å². The van der Waals surface area contributed by atoms with Crippen LogP contribution < -0.4 is 4.90 Å². The summed E-state index contributed by atoms with van der Waals surface area (Å²) in [5.74, 6) is -0.198. The molecule has 0 aliphatic heterocycles. The molecule has 4 heteroatoms. The summed E-state index contributed by atoms with van der Waals surface area (Å²) in [5, 5.41) is 0. The SMILES string of the molecule is CCCOC(=O)C(c1ccccc1)N(CCN(C)C)c1ccccc1. The highest BCUT2D eigenvalue weighted by molar-refractivity contribution is 5.82. The number of ether oxygens (including phenoxy) is 1. The first-order chi connectivity index (χ1) is 12.1. The molecular formula is C21H28N2O2. The van der Waals surface area contributed by atoms with E-state index >= 15 is 0 Å². The van der Waals surface area contributed by atoms with Crippen LogP contribution in [0.4, 0.5) is 5.69 Å². The van der Waals surface area contributed by atoms with E-state index in [1.165, 1.54) is 0 Å². The van der Waals surface area contributed by atoms with Crippen LogP contribution in [0.3, 0.4) is 0 Å². The number of anilines is 1. The monoisotopic (exact) mass is 340 g/mol. The van der Waals surface area contributed by atoms with Gasteiger partial charge in [-0.2, -0.15) is 0 Å². The average Bonchev–Trinajstić information content (AvgIpc) is 2.64. The molecule has 0 aliphatic rings. The van der Waals surface area contributed by atoms with Crippen LogP contribution in [0.5, 0.6) is 0 Å². The second-order valence-corrected chi connectivity index (χ2v) is 6.31. The summed E-state index contributed by atoms with van der Waals surface area (Å²) in [6, 6.07) is 19.5. The lowest BCUT2D eigenvalue weighted by molar-refractivity contribution is -0.145. The summed E-state index contributed by atoms with van der Waals surface area (Å²) < 4.78 is 5.52. The van der Waals surface area contributed by atoms with Gasteiger partial charge in [-0.05, 0) is 38.2 Å². The van der Waals surface area contributed by atoms with Gasteiger partial charge in [0.1, 0.15) is 0 Å². The van der Waals surface area contributed by atoms with Crippen molar-refractivity contribution in [3.63, 3.8) is 0 Å². The second-order valence-electron chi connectivity index (χ2n) is 6.31. The highest BCUT2D eigenvalue weighted by atomic mass is 16.5. The zero-order chi connectivity index (χ0) is 18.1. The van der Waals surface area contributed by atoms with Crippen LogP contribution in [-0.4, -0.2) is 44.7 Å². The standard InChI is InChI=1S/C21H28N2O2/c1-4-17-25-21(24)20(18-11-7-5-8-12-18)23(16-15-22(2)3)19-13-9-6-10-14-19/h5-14,20H,4,15-17H2,1-3H3. The fourth-order valence-electron chi connectivity index (χ4n) is 2.69. The minimum Gasteiger partial charge on any atom is -0.464 e. The van der Waals surface area contributed by atoms with Gasteiger partial charge < -0.3 is 14.5 Å². The number of hydrogen-bond acceptors (Lipinski definition) is 4. The molecule has 0 aliphatic carbocycles. The number of rotatable bonds is 9. The van der Waals surface area contributed by atoms with Gasteiger partial charge in [-0.25, -0.2) is 4.79 Å². The van der Waals surface area contributed by atoms with Crippen molar-refractivity contribution in [3.05, 3.63) is 66.2 Å². The van der Waals surface area contributed by atoms with Crippen molar-refractivity contribution in [1.29, 1.82) is 0 Å². The summed E-state index contributed by atoms with van der Waals surface area (Å²) in [7, 11) is 4.08. The third kappa shape index (κ3) is 5.61. The van der Waals surface area contributed by atoms with Crippen molar-refractivity contribution in [2.75, 3.05) is 38.7 Å². The Bertz CT molecular complexity index is 629. The summed E-state index contributed by atoms with van der Waals surface area (Å²) in [6.07, 6.45) is 0.816. The predicted molar refractivity (Wildman–Crippen MR) is 103 cm³/mol. The summed E-state index contributed by atoms with van der Waals surface area (Å²) in [5.41, 5.74) is 1.97. The van der Waals surface area contributed by atoms with Crippen LogP contribution in [0, 0.1) is 0 Å². The molecule has 0 aromatic heterocycles. The number of esters is 1. The Morgan fingerprint density at radius 2 is 1.56 bits per heavy atom. The van der Waals surface area contributed by atoms with Gasteiger partial charge in [0.2, 0.25) is 0 Å². The molecule has 0 heterocycles. The topological polar surface area (TPSA) is 32.8 Å². The molecule has 4 nitrogen and oxygen atoms in total. The molecule has 0 fully saturated rings. The van der Waals surface area contributed by atoms with Gasteiger partial charge in [0.15, 0.2) is 6.04 Å². The Hall–Kier alpha value is -2.33. The second kappa shape index (κ2) is 9.84. The maximum absolute atomic E-state index is 12.9. The van der Waals surface area contributed by atoms with Crippen molar-refractivity contribution in [3.8, 4) is 0 Å². The van der Waals surface area contributed by atoms with Crippen LogP contribution in [0.15, 0.2) is 60.7 Å². The number of para-hydroxylation sites is 1. The Kier molecular flexibility index (Phi) is 7.48. The molecule has 1 atom stereocenters. The number of nitrogens with zero attached hydrogens (tertiary/aromatic N) is 2. The van der Waals surface area contributed by atoms with E-state index in [1.54, 1.807) is 0 Å². The zero-order valence-electron chi connectivity index (χ0n) is 15.4. The van der Waals surface area contributed by atoms with E-state index in [0.29, 0.717) is 6.61 Å². The molecule has 1 unspecified atom stereocenters. The smallest absolute Gasteiger partial charge is 0.333 e. The zero-order valence-corrected chi connectivity index (χ0v) is 15.4. The van der Waals surface area contributed by atoms with E-state index in [-0.39, 0.29) is 5.97 Å². The molecule has 0 radical (unpaired) electrons. The van der Waals surface area contributed by atoms with Gasteiger partial charge >= 0.3 is 5.97 Å². The number of hydrogen-bond donors (Lipinski definition) is 0. The van der Waals surface area contributed by atoms with E-state index < -0.39 is 6.04 Å². The largest absolute Gasteiger partial charge is 0.464 e. The first kappa shape index (κ1) is 19.0. The van der Waals surface area contributed by atoms with Crippen molar-refractivity contribution >= 4 is 11.7 Å². The summed E-state index contributed by atoms with van der Waals surface area (Å²) in [6.45, 7) is 4.03. The fraction of sp³-hybridized carbons (Fsp3) is 0.381. The van der Waals surface area contributed by atoms with E-state index in [1.807, 2.05) is 81.7 Å². The lowest BCUT2D eigenvalue weighted by Gasteiger charge is -2.33. The van der Waals surface area contributed by atoms with Gasteiger partial charge in [-0.3, -0.25) is 0 Å². The van der Waals surface area contributed by atoms with E-state index in [0.717, 1.165) is 30.8 Å². The quantitative estimate of drug-likeness (QED) is 0.651. The Morgan fingerprint density at radius 1 is 0.960 bits per heavy atom. The molecule has 25 heavy (non-hydrogen) atoms. The molecule has 0 saturated heterocycles. The van der Waals surface area contributed by atoms with Gasteiger partial charge in [-0.15, -0.1) is 0 Å². The Morgan fingerprint density at radius 3 is 2.12 bits per heavy atom. The Balaban J connectivity index is 2.39. The molecule has 2 aromatic rings. The average molecular weight is 340 g/mol. The minimum absolute atomic E-state index is 0.198. The molecule has 2 aromatic carbocycles. The van der Waals surface area contributed by atoms with Crippen molar-refractivity contribution in [2.45, 2.75) is 19.4 Å². The number of carbonyl (C=O) groups is 1. The molecule has 134 valence electrons. The molecule has 2 rings (SSSR count). The molecule has 0 bridgehead atoms. The van der Waals surface area contributed by atoms with Crippen molar-refractivity contribution in [2.24, 2.45) is 0 Å². The molecule has 0 amide bonds. The van der Waals surface area contributed by atoms with Gasteiger partial charge in [0.25, 0.3) is 0 Å². The molecule has 0 saturated carbocycles. The van der Waals surface area contributed by atoms with E-state index in [4.69, 9.17) is 4.74 Å². The predicted octanol–water partition coefficient (Wildman–Crippen LogP) is 3.75. The molecular weight excluding hydrogens is 312 g/mol. The van der Waals surface area contributed by atoms with Crippen LogP contribution in [0.1, 0.15) is 24.9 Å². The van der Waals surface area contributed by atoms with Crippen LogP contribution in [0.2, 0.25) is 0 Å². The highest BCUT2D eigenvalue weighted by Gasteiger charge is 2.29. The van der Waals surface area contributed by atoms with E-state index in [2.05, 4.69) is 9.80 Å². The first-order valence-corrected chi connectivity index (χ1v) is 8.81. The lowest BCUT2D eigenvalue weighted by atomic mass is 10.0. The fourth-order valence-corrected chi connectivity index (χ4v) is 2.69. The number of carbonyl (C=O) groups excluding carboxylic acids is 1. The summed E-state index contributed by atoms with van der Waals surface area (Å²) >= 11 is 0. The van der Waals surface area contributed by atoms with E-state index in [9.17, 15) is 4.79 Å². The third-order valence-electron chi connectivity index (χ3n) is 3.97. The maximum atomic E-state index is 12.9. The van der Waals surface area contributed by atoms with Crippen LogP contribution in [0.25, 0.3) is 0 Å². The molecule has 0 N–H and O–H groups in total. The minimum atomic E-state index is -0.449. The van der Waals surface area contributed by atoms with Gasteiger partial charge in [0, 0.05) is 18.8 Å². The Labute approximate surface area is 151 Å². The maximum Gasteiger partial charge on any atom is 0.333 e. The lowest BCUT2D eigenvalue weighted by Crippen LogP contribution is -2.39. The van der Waals surface area contributed by atoms with Crippen LogP contribution in [-0.2, 0) is 9.53 Å². The third-order valence-corrected chi connectivity index (χ3v) is 3.97. The highest BCUT2D eigenvalue weighted by Crippen LogP contribution is 2.28. The first-order valence-electron chi connectivity index (χ1n) is 8.81. The van der Waals surface area contributed by atoms with Crippen LogP contribution >= 0.6 is 0 Å². The normalized spacial score (nSPS) is 12.0. The van der Waals surface area contributed by atoms with Gasteiger partial charge in [0.05, 0.1) is 6.61 Å². The summed E-state index contributed by atoms with van der Waals surface area (Å²) in [4.78, 5) is 17.1. The van der Waals surface area contributed by atoms with Crippen molar-refractivity contribution < 1.29 is 9.53 Å². The number of benzene rings is 2. The molecule has 0 spiro atoms. The number of likely N-dealkylation sites (N-methyl/N-ethyl adjacent to an activating group) is 1. The van der Waals surface area contributed by atoms with Crippen molar-refractivity contribution in [1.82, 2.24) is 4.90 Å².